The number of nitrogen functional groups attached to an aromatic ring is 1. The third-order valence-electron chi connectivity index (χ3n) is 2.91. The SMILES string of the molecule is CCOc1cc(NC2CCOCC2)ccc1N. The Morgan fingerprint density at radius 1 is 1.41 bits per heavy atom. The first-order valence-corrected chi connectivity index (χ1v) is 6.16. The number of hydrogen-bond acceptors (Lipinski definition) is 4. The molecule has 0 bridgehead atoms. The molecule has 1 saturated heterocycles. The van der Waals surface area contributed by atoms with E-state index in [2.05, 4.69) is 5.32 Å². The van der Waals surface area contributed by atoms with Crippen molar-refractivity contribution in [2.45, 2.75) is 25.8 Å². The molecule has 0 amide bonds. The molecule has 4 nitrogen and oxygen atoms in total. The monoisotopic (exact) mass is 236 g/mol. The van der Waals surface area contributed by atoms with Gasteiger partial charge in [-0.2, -0.15) is 0 Å². The fourth-order valence-corrected chi connectivity index (χ4v) is 1.98. The van der Waals surface area contributed by atoms with Crippen molar-refractivity contribution in [3.63, 3.8) is 0 Å². The van der Waals surface area contributed by atoms with Gasteiger partial charge >= 0.3 is 0 Å². The molecule has 0 unspecified atom stereocenters. The Morgan fingerprint density at radius 3 is 2.88 bits per heavy atom. The standard InChI is InChI=1S/C13H20N2O2/c1-2-17-13-9-11(3-4-12(13)14)15-10-5-7-16-8-6-10/h3-4,9-10,15H,2,5-8,14H2,1H3. The van der Waals surface area contributed by atoms with Gasteiger partial charge in [-0.25, -0.2) is 0 Å². The van der Waals surface area contributed by atoms with Crippen molar-refractivity contribution < 1.29 is 9.47 Å². The largest absolute Gasteiger partial charge is 0.492 e. The van der Waals surface area contributed by atoms with E-state index in [1.165, 1.54) is 0 Å². The summed E-state index contributed by atoms with van der Waals surface area (Å²) in [5, 5.41) is 3.49. The van der Waals surface area contributed by atoms with Crippen molar-refractivity contribution in [2.75, 3.05) is 30.9 Å². The van der Waals surface area contributed by atoms with E-state index in [-0.39, 0.29) is 0 Å². The predicted molar refractivity (Wildman–Crippen MR) is 69.5 cm³/mol. The molecule has 1 fully saturated rings. The second-order valence-electron chi connectivity index (χ2n) is 4.22. The molecule has 0 atom stereocenters. The molecule has 0 saturated carbocycles. The summed E-state index contributed by atoms with van der Waals surface area (Å²) >= 11 is 0. The van der Waals surface area contributed by atoms with Gasteiger partial charge in [0.15, 0.2) is 0 Å². The van der Waals surface area contributed by atoms with Crippen LogP contribution in [0.25, 0.3) is 0 Å². The average Bonchev–Trinajstić information content (AvgIpc) is 2.35. The summed E-state index contributed by atoms with van der Waals surface area (Å²) in [5.74, 6) is 0.754. The maximum absolute atomic E-state index is 5.84. The van der Waals surface area contributed by atoms with Crippen LogP contribution in [-0.4, -0.2) is 25.9 Å². The minimum Gasteiger partial charge on any atom is -0.492 e. The predicted octanol–water partition coefficient (Wildman–Crippen LogP) is 2.26. The van der Waals surface area contributed by atoms with Gasteiger partial charge in [0.1, 0.15) is 5.75 Å². The number of rotatable bonds is 4. The molecule has 17 heavy (non-hydrogen) atoms. The third kappa shape index (κ3) is 3.27. The lowest BCUT2D eigenvalue weighted by Crippen LogP contribution is -2.27. The first kappa shape index (κ1) is 12.0. The van der Waals surface area contributed by atoms with Crippen LogP contribution in [0.3, 0.4) is 0 Å². The first-order valence-electron chi connectivity index (χ1n) is 6.16. The first-order chi connectivity index (χ1) is 8.29. The summed E-state index contributed by atoms with van der Waals surface area (Å²) in [5.41, 5.74) is 7.58. The van der Waals surface area contributed by atoms with Gasteiger partial charge in [-0.05, 0) is 31.9 Å². The van der Waals surface area contributed by atoms with Crippen LogP contribution in [0.2, 0.25) is 0 Å². The summed E-state index contributed by atoms with van der Waals surface area (Å²) in [4.78, 5) is 0. The van der Waals surface area contributed by atoms with Crippen LogP contribution >= 0.6 is 0 Å². The molecule has 0 radical (unpaired) electrons. The molecule has 1 aliphatic heterocycles. The lowest BCUT2D eigenvalue weighted by Gasteiger charge is -2.24. The zero-order valence-corrected chi connectivity index (χ0v) is 10.2. The molecule has 2 rings (SSSR count). The second kappa shape index (κ2) is 5.77. The molecule has 0 spiro atoms. The zero-order chi connectivity index (χ0) is 12.1. The van der Waals surface area contributed by atoms with Crippen LogP contribution in [0.1, 0.15) is 19.8 Å². The Balaban J connectivity index is 2.02. The van der Waals surface area contributed by atoms with Crippen molar-refractivity contribution in [2.24, 2.45) is 0 Å². The lowest BCUT2D eigenvalue weighted by molar-refractivity contribution is 0.0904. The second-order valence-corrected chi connectivity index (χ2v) is 4.22. The molecule has 1 aliphatic rings. The molecule has 4 heteroatoms. The van der Waals surface area contributed by atoms with Gasteiger partial charge in [-0.1, -0.05) is 0 Å². The van der Waals surface area contributed by atoms with Crippen LogP contribution in [0.4, 0.5) is 11.4 Å². The van der Waals surface area contributed by atoms with Gasteiger partial charge in [0, 0.05) is 31.0 Å². The number of ether oxygens (including phenoxy) is 2. The van der Waals surface area contributed by atoms with Gasteiger partial charge in [0.05, 0.1) is 12.3 Å². The number of nitrogens with one attached hydrogen (secondary N) is 1. The maximum atomic E-state index is 5.84. The van der Waals surface area contributed by atoms with E-state index in [1.54, 1.807) is 0 Å². The summed E-state index contributed by atoms with van der Waals surface area (Å²) in [6, 6.07) is 6.33. The highest BCUT2D eigenvalue weighted by Crippen LogP contribution is 2.26. The van der Waals surface area contributed by atoms with Gasteiger partial charge in [-0.3, -0.25) is 0 Å². The highest BCUT2D eigenvalue weighted by molar-refractivity contribution is 5.61. The summed E-state index contributed by atoms with van der Waals surface area (Å²) in [6.07, 6.45) is 2.10. The molecule has 1 heterocycles. The highest BCUT2D eigenvalue weighted by Gasteiger charge is 2.13. The fourth-order valence-electron chi connectivity index (χ4n) is 1.98. The Labute approximate surface area is 102 Å². The van der Waals surface area contributed by atoms with Crippen molar-refractivity contribution in [3.05, 3.63) is 18.2 Å². The summed E-state index contributed by atoms with van der Waals surface area (Å²) in [7, 11) is 0. The molecule has 0 aliphatic carbocycles. The highest BCUT2D eigenvalue weighted by atomic mass is 16.5. The van der Waals surface area contributed by atoms with Gasteiger partial charge in [-0.15, -0.1) is 0 Å². The Morgan fingerprint density at radius 2 is 2.18 bits per heavy atom. The van der Waals surface area contributed by atoms with Crippen molar-refractivity contribution in [1.82, 2.24) is 0 Å². The number of hydrogen-bond donors (Lipinski definition) is 2. The lowest BCUT2D eigenvalue weighted by atomic mass is 10.1. The Kier molecular flexibility index (Phi) is 4.09. The van der Waals surface area contributed by atoms with Crippen LogP contribution in [0.15, 0.2) is 18.2 Å². The van der Waals surface area contributed by atoms with E-state index in [1.807, 2.05) is 25.1 Å². The minimum absolute atomic E-state index is 0.488. The number of benzene rings is 1. The average molecular weight is 236 g/mol. The maximum Gasteiger partial charge on any atom is 0.144 e. The van der Waals surface area contributed by atoms with E-state index < -0.39 is 0 Å². The topological polar surface area (TPSA) is 56.5 Å². The number of nitrogens with two attached hydrogens (primary N) is 1. The third-order valence-corrected chi connectivity index (χ3v) is 2.91. The Hall–Kier alpha value is -1.42. The fraction of sp³-hybridized carbons (Fsp3) is 0.538. The van der Waals surface area contributed by atoms with Crippen LogP contribution in [0, 0.1) is 0 Å². The van der Waals surface area contributed by atoms with E-state index in [4.69, 9.17) is 15.2 Å². The van der Waals surface area contributed by atoms with E-state index in [0.717, 1.165) is 37.5 Å². The quantitative estimate of drug-likeness (QED) is 0.787. The van der Waals surface area contributed by atoms with Crippen LogP contribution in [-0.2, 0) is 4.74 Å². The summed E-state index contributed by atoms with van der Waals surface area (Å²) < 4.78 is 10.8. The van der Waals surface area contributed by atoms with Gasteiger partial charge in [0.25, 0.3) is 0 Å². The molecular weight excluding hydrogens is 216 g/mol. The Bertz CT molecular complexity index is 362. The van der Waals surface area contributed by atoms with Gasteiger partial charge < -0.3 is 20.5 Å². The van der Waals surface area contributed by atoms with Crippen molar-refractivity contribution in [1.29, 1.82) is 0 Å². The van der Waals surface area contributed by atoms with Crippen LogP contribution < -0.4 is 15.8 Å². The molecule has 3 N–H and O–H groups in total. The van der Waals surface area contributed by atoms with E-state index >= 15 is 0 Å². The summed E-state index contributed by atoms with van der Waals surface area (Å²) in [6.45, 7) is 4.26. The van der Waals surface area contributed by atoms with Crippen LogP contribution in [0.5, 0.6) is 5.75 Å². The minimum atomic E-state index is 0.488. The smallest absolute Gasteiger partial charge is 0.144 e. The molecular formula is C13H20N2O2. The molecule has 0 aromatic heterocycles. The molecule has 94 valence electrons. The van der Waals surface area contributed by atoms with Gasteiger partial charge in [0.2, 0.25) is 0 Å². The van der Waals surface area contributed by atoms with E-state index in [9.17, 15) is 0 Å². The van der Waals surface area contributed by atoms with Crippen molar-refractivity contribution in [3.8, 4) is 5.75 Å². The van der Waals surface area contributed by atoms with E-state index in [0.29, 0.717) is 18.3 Å². The molecule has 1 aromatic carbocycles. The number of anilines is 2. The molecule has 1 aromatic rings. The normalized spacial score (nSPS) is 16.8. The zero-order valence-electron chi connectivity index (χ0n) is 10.2. The van der Waals surface area contributed by atoms with Crippen molar-refractivity contribution >= 4 is 11.4 Å².